The number of likely N-dealkylation sites (N-methyl/N-ethyl adjacent to an activating group) is 1. The van der Waals surface area contributed by atoms with Crippen molar-refractivity contribution >= 4 is 29.2 Å². The first-order chi connectivity index (χ1) is 13.3. The van der Waals surface area contributed by atoms with Gasteiger partial charge in [-0.2, -0.15) is 0 Å². The number of carbonyl (C=O) groups excluding carboxylic acids is 2. The van der Waals surface area contributed by atoms with Gasteiger partial charge in [0.25, 0.3) is 5.91 Å². The summed E-state index contributed by atoms with van der Waals surface area (Å²) < 4.78 is 5.59. The molecule has 0 aliphatic rings. The Morgan fingerprint density at radius 1 is 1.14 bits per heavy atom. The monoisotopic (exact) mass is 403 g/mol. The molecule has 0 radical (unpaired) electrons. The summed E-state index contributed by atoms with van der Waals surface area (Å²) in [5, 5.41) is 6.26. The van der Waals surface area contributed by atoms with E-state index in [4.69, 9.17) is 16.3 Å². The van der Waals surface area contributed by atoms with E-state index in [9.17, 15) is 9.59 Å². The predicted octanol–water partition coefficient (Wildman–Crippen LogP) is 4.27. The number of benzene rings is 2. The molecule has 0 heterocycles. The molecule has 0 saturated carbocycles. The van der Waals surface area contributed by atoms with E-state index in [2.05, 4.69) is 10.6 Å². The fourth-order valence-corrected chi connectivity index (χ4v) is 2.46. The second-order valence-electron chi connectivity index (χ2n) is 6.84. The van der Waals surface area contributed by atoms with Crippen LogP contribution in [-0.4, -0.2) is 43.6 Å². The number of rotatable bonds is 8. The van der Waals surface area contributed by atoms with Crippen molar-refractivity contribution in [2.45, 2.75) is 13.8 Å². The van der Waals surface area contributed by atoms with E-state index >= 15 is 0 Å². The molecular weight excluding hydrogens is 378 g/mol. The minimum Gasteiger partial charge on any atom is -0.492 e. The van der Waals surface area contributed by atoms with E-state index < -0.39 is 0 Å². The Hall–Kier alpha value is -2.73. The Kier molecular flexibility index (Phi) is 8.14. The SMILES string of the molecule is CC(C)CNC(=O)c1ccc(NC(=O)N(C)CCOc2cccc(Cl)c2)cc1. The minimum absolute atomic E-state index is 0.123. The minimum atomic E-state index is -0.258. The zero-order valence-corrected chi connectivity index (χ0v) is 17.1. The van der Waals surface area contributed by atoms with E-state index in [1.807, 2.05) is 19.9 Å². The second kappa shape index (κ2) is 10.6. The molecule has 0 spiro atoms. The Morgan fingerprint density at radius 2 is 1.86 bits per heavy atom. The molecule has 0 bridgehead atoms. The maximum Gasteiger partial charge on any atom is 0.321 e. The average molecular weight is 404 g/mol. The number of ether oxygens (including phenoxy) is 1. The van der Waals surface area contributed by atoms with Gasteiger partial charge in [0.1, 0.15) is 12.4 Å². The van der Waals surface area contributed by atoms with Crippen LogP contribution in [0.15, 0.2) is 48.5 Å². The molecule has 2 rings (SSSR count). The zero-order chi connectivity index (χ0) is 20.5. The molecule has 2 N–H and O–H groups in total. The van der Waals surface area contributed by atoms with Crippen LogP contribution in [0.2, 0.25) is 5.02 Å². The first kappa shape index (κ1) is 21.6. The number of carbonyl (C=O) groups is 2. The molecule has 150 valence electrons. The summed E-state index contributed by atoms with van der Waals surface area (Å²) in [4.78, 5) is 25.8. The zero-order valence-electron chi connectivity index (χ0n) is 16.4. The van der Waals surface area contributed by atoms with Crippen LogP contribution in [0.25, 0.3) is 0 Å². The highest BCUT2D eigenvalue weighted by Gasteiger charge is 2.10. The summed E-state index contributed by atoms with van der Waals surface area (Å²) in [7, 11) is 1.68. The Labute approximate surface area is 170 Å². The molecule has 0 saturated heterocycles. The van der Waals surface area contributed by atoms with Crippen LogP contribution >= 0.6 is 11.6 Å². The lowest BCUT2D eigenvalue weighted by atomic mass is 10.1. The molecule has 0 fully saturated rings. The fourth-order valence-electron chi connectivity index (χ4n) is 2.28. The van der Waals surface area contributed by atoms with Gasteiger partial charge >= 0.3 is 6.03 Å². The number of halogens is 1. The second-order valence-corrected chi connectivity index (χ2v) is 7.28. The van der Waals surface area contributed by atoms with E-state index in [1.54, 1.807) is 49.5 Å². The van der Waals surface area contributed by atoms with Crippen molar-refractivity contribution in [1.29, 1.82) is 0 Å². The van der Waals surface area contributed by atoms with Gasteiger partial charge < -0.3 is 20.3 Å². The van der Waals surface area contributed by atoms with Crippen molar-refractivity contribution in [1.82, 2.24) is 10.2 Å². The largest absolute Gasteiger partial charge is 0.492 e. The summed E-state index contributed by atoms with van der Waals surface area (Å²) in [6, 6.07) is 13.6. The van der Waals surface area contributed by atoms with Gasteiger partial charge in [0.2, 0.25) is 0 Å². The van der Waals surface area contributed by atoms with Gasteiger partial charge in [0, 0.05) is 29.9 Å². The lowest BCUT2D eigenvalue weighted by Crippen LogP contribution is -2.34. The number of anilines is 1. The third-order valence-electron chi connectivity index (χ3n) is 3.91. The van der Waals surface area contributed by atoms with Gasteiger partial charge in [0.15, 0.2) is 0 Å². The normalized spacial score (nSPS) is 10.5. The van der Waals surface area contributed by atoms with E-state index in [1.165, 1.54) is 4.90 Å². The molecule has 2 aromatic rings. The van der Waals surface area contributed by atoms with Crippen LogP contribution in [0.1, 0.15) is 24.2 Å². The Bertz CT molecular complexity index is 794. The highest BCUT2D eigenvalue weighted by molar-refractivity contribution is 6.30. The van der Waals surface area contributed by atoms with Gasteiger partial charge in [-0.05, 0) is 48.4 Å². The molecule has 0 atom stereocenters. The van der Waals surface area contributed by atoms with E-state index in [0.29, 0.717) is 47.6 Å². The molecule has 0 unspecified atom stereocenters. The molecule has 2 aromatic carbocycles. The summed E-state index contributed by atoms with van der Waals surface area (Å²) in [6.45, 7) is 5.46. The molecule has 6 nitrogen and oxygen atoms in total. The summed E-state index contributed by atoms with van der Waals surface area (Å²) in [5.41, 5.74) is 1.18. The van der Waals surface area contributed by atoms with E-state index in [0.717, 1.165) is 0 Å². The van der Waals surface area contributed by atoms with Crippen molar-refractivity contribution < 1.29 is 14.3 Å². The standard InChI is InChI=1S/C21H26ClN3O3/c1-15(2)14-23-20(26)16-7-9-18(10-8-16)24-21(27)25(3)11-12-28-19-6-4-5-17(22)13-19/h4-10,13,15H,11-12,14H2,1-3H3,(H,23,26)(H,24,27). The first-order valence-corrected chi connectivity index (χ1v) is 9.51. The Balaban J connectivity index is 1.78. The fraction of sp³-hybridized carbons (Fsp3) is 0.333. The smallest absolute Gasteiger partial charge is 0.321 e. The van der Waals surface area contributed by atoms with Crippen molar-refractivity contribution in [3.8, 4) is 5.75 Å². The first-order valence-electron chi connectivity index (χ1n) is 9.14. The lowest BCUT2D eigenvalue weighted by Gasteiger charge is -2.18. The topological polar surface area (TPSA) is 70.7 Å². The summed E-state index contributed by atoms with van der Waals surface area (Å²) in [5.74, 6) is 0.926. The third kappa shape index (κ3) is 7.12. The maximum absolute atomic E-state index is 12.3. The van der Waals surface area contributed by atoms with Gasteiger partial charge in [-0.1, -0.05) is 31.5 Å². The van der Waals surface area contributed by atoms with Crippen LogP contribution in [0.3, 0.4) is 0 Å². The number of amides is 3. The van der Waals surface area contributed by atoms with Crippen LogP contribution in [0.5, 0.6) is 5.75 Å². The van der Waals surface area contributed by atoms with Gasteiger partial charge in [-0.25, -0.2) is 4.79 Å². The predicted molar refractivity (Wildman–Crippen MR) is 112 cm³/mol. The molecule has 0 aliphatic heterocycles. The van der Waals surface area contributed by atoms with E-state index in [-0.39, 0.29) is 11.9 Å². The Morgan fingerprint density at radius 3 is 2.50 bits per heavy atom. The average Bonchev–Trinajstić information content (AvgIpc) is 2.66. The summed E-state index contributed by atoms with van der Waals surface area (Å²) >= 11 is 5.91. The molecule has 0 aromatic heterocycles. The molecule has 0 aliphatic carbocycles. The number of hydrogen-bond acceptors (Lipinski definition) is 3. The van der Waals surface area contributed by atoms with Crippen molar-refractivity contribution in [3.63, 3.8) is 0 Å². The lowest BCUT2D eigenvalue weighted by molar-refractivity contribution is 0.0949. The molecule has 7 heteroatoms. The van der Waals surface area contributed by atoms with Crippen molar-refractivity contribution in [3.05, 3.63) is 59.1 Å². The van der Waals surface area contributed by atoms with Crippen LogP contribution in [0.4, 0.5) is 10.5 Å². The number of nitrogens with zero attached hydrogens (tertiary/aromatic N) is 1. The third-order valence-corrected chi connectivity index (χ3v) is 4.14. The highest BCUT2D eigenvalue weighted by atomic mass is 35.5. The quantitative estimate of drug-likeness (QED) is 0.691. The molecular formula is C21H26ClN3O3. The van der Waals surface area contributed by atoms with Gasteiger partial charge in [-0.3, -0.25) is 4.79 Å². The van der Waals surface area contributed by atoms with Crippen LogP contribution in [-0.2, 0) is 0 Å². The molecule has 28 heavy (non-hydrogen) atoms. The molecule has 3 amide bonds. The van der Waals surface area contributed by atoms with Gasteiger partial charge in [-0.15, -0.1) is 0 Å². The van der Waals surface area contributed by atoms with Crippen molar-refractivity contribution in [2.75, 3.05) is 32.1 Å². The summed E-state index contributed by atoms with van der Waals surface area (Å²) in [6.07, 6.45) is 0. The van der Waals surface area contributed by atoms with Gasteiger partial charge in [0.05, 0.1) is 6.54 Å². The van der Waals surface area contributed by atoms with Crippen LogP contribution < -0.4 is 15.4 Å². The number of urea groups is 1. The van der Waals surface area contributed by atoms with Crippen LogP contribution in [0, 0.1) is 5.92 Å². The van der Waals surface area contributed by atoms with Crippen molar-refractivity contribution in [2.24, 2.45) is 5.92 Å². The maximum atomic E-state index is 12.3. The highest BCUT2D eigenvalue weighted by Crippen LogP contribution is 2.17. The number of nitrogens with one attached hydrogen (secondary N) is 2. The number of hydrogen-bond donors (Lipinski definition) is 2.